The lowest BCUT2D eigenvalue weighted by molar-refractivity contribution is 0.0947. The van der Waals surface area contributed by atoms with E-state index in [9.17, 15) is 4.79 Å². The molecule has 17 heavy (non-hydrogen) atoms. The lowest BCUT2D eigenvalue weighted by atomic mass is 9.88. The van der Waals surface area contributed by atoms with E-state index in [4.69, 9.17) is 0 Å². The highest BCUT2D eigenvalue weighted by Crippen LogP contribution is 2.33. The molecule has 2 aromatic rings. The minimum atomic E-state index is 0.0684. The summed E-state index contributed by atoms with van der Waals surface area (Å²) in [4.78, 5) is 12.6. The summed E-state index contributed by atoms with van der Waals surface area (Å²) in [7, 11) is 0. The number of fused-ring (bicyclic) bond motifs is 1. The van der Waals surface area contributed by atoms with Gasteiger partial charge in [-0.1, -0.05) is 29.8 Å². The highest BCUT2D eigenvalue weighted by atomic mass is 32.1. The van der Waals surface area contributed by atoms with Gasteiger partial charge in [-0.05, 0) is 29.5 Å². The molecule has 0 fully saturated rings. The van der Waals surface area contributed by atoms with Crippen LogP contribution >= 0.6 is 11.3 Å². The monoisotopic (exact) mass is 243 g/mol. The average molecular weight is 243 g/mol. The second kappa shape index (κ2) is 4.00. The average Bonchev–Trinajstić information content (AvgIpc) is 2.79. The van der Waals surface area contributed by atoms with E-state index in [0.717, 1.165) is 4.88 Å². The van der Waals surface area contributed by atoms with Crippen molar-refractivity contribution in [2.45, 2.75) is 12.8 Å². The summed E-state index contributed by atoms with van der Waals surface area (Å²) in [6.07, 6.45) is 0. The first kappa shape index (κ1) is 10.5. The van der Waals surface area contributed by atoms with Crippen molar-refractivity contribution < 1.29 is 4.79 Å². The summed E-state index contributed by atoms with van der Waals surface area (Å²) in [5, 5.41) is 4.96. The Morgan fingerprint density at radius 1 is 1.35 bits per heavy atom. The first-order valence-electron chi connectivity index (χ1n) is 5.68. The van der Waals surface area contributed by atoms with Gasteiger partial charge in [0.15, 0.2) is 0 Å². The highest BCUT2D eigenvalue weighted by Gasteiger charge is 2.27. The maximum absolute atomic E-state index is 11.7. The number of rotatable bonds is 1. The van der Waals surface area contributed by atoms with Crippen LogP contribution in [0.1, 0.15) is 32.3 Å². The third kappa shape index (κ3) is 1.76. The quantitative estimate of drug-likeness (QED) is 0.819. The maximum Gasteiger partial charge on any atom is 0.261 e. The first-order valence-corrected chi connectivity index (χ1v) is 6.56. The molecule has 3 rings (SSSR count). The Labute approximate surface area is 104 Å². The number of carbonyl (C=O) groups is 1. The van der Waals surface area contributed by atoms with Crippen molar-refractivity contribution in [2.75, 3.05) is 6.54 Å². The number of nitrogens with one attached hydrogen (secondary N) is 1. The van der Waals surface area contributed by atoms with Crippen LogP contribution in [0.4, 0.5) is 0 Å². The van der Waals surface area contributed by atoms with Gasteiger partial charge in [0.25, 0.3) is 5.91 Å². The van der Waals surface area contributed by atoms with Crippen LogP contribution in [0.2, 0.25) is 0 Å². The molecule has 0 bridgehead atoms. The van der Waals surface area contributed by atoms with Gasteiger partial charge in [-0.2, -0.15) is 0 Å². The normalized spacial score (nSPS) is 18.6. The van der Waals surface area contributed by atoms with E-state index in [0.29, 0.717) is 12.5 Å². The summed E-state index contributed by atoms with van der Waals surface area (Å²) >= 11 is 1.52. The molecule has 1 aromatic carbocycles. The largest absolute Gasteiger partial charge is 0.350 e. The third-order valence-corrected chi connectivity index (χ3v) is 4.12. The van der Waals surface area contributed by atoms with Crippen LogP contribution in [0, 0.1) is 6.92 Å². The lowest BCUT2D eigenvalue weighted by Gasteiger charge is -2.23. The van der Waals surface area contributed by atoms with E-state index in [2.05, 4.69) is 42.6 Å². The smallest absolute Gasteiger partial charge is 0.261 e. The van der Waals surface area contributed by atoms with E-state index in [-0.39, 0.29) is 5.91 Å². The number of aryl methyl sites for hydroxylation is 1. The minimum absolute atomic E-state index is 0.0684. The Morgan fingerprint density at radius 2 is 2.24 bits per heavy atom. The molecular weight excluding hydrogens is 230 g/mol. The Hall–Kier alpha value is -1.61. The fraction of sp³-hybridized carbons (Fsp3) is 0.214. The maximum atomic E-state index is 11.7. The van der Waals surface area contributed by atoms with Crippen molar-refractivity contribution in [1.82, 2.24) is 5.32 Å². The molecule has 86 valence electrons. The van der Waals surface area contributed by atoms with Crippen LogP contribution in [0.25, 0.3) is 0 Å². The molecule has 1 aliphatic rings. The van der Waals surface area contributed by atoms with Gasteiger partial charge >= 0.3 is 0 Å². The fourth-order valence-electron chi connectivity index (χ4n) is 2.35. The molecule has 0 radical (unpaired) electrons. The van der Waals surface area contributed by atoms with Gasteiger partial charge in [-0.15, -0.1) is 11.3 Å². The third-order valence-electron chi connectivity index (χ3n) is 3.19. The molecule has 1 unspecified atom stereocenters. The molecule has 0 saturated carbocycles. The van der Waals surface area contributed by atoms with Crippen LogP contribution in [0.15, 0.2) is 35.7 Å². The fourth-order valence-corrected chi connectivity index (χ4v) is 3.22. The zero-order valence-electron chi connectivity index (χ0n) is 9.57. The van der Waals surface area contributed by atoms with Crippen molar-refractivity contribution in [3.8, 4) is 0 Å². The van der Waals surface area contributed by atoms with Gasteiger partial charge in [0.05, 0.1) is 4.88 Å². The van der Waals surface area contributed by atoms with Crippen LogP contribution in [0.3, 0.4) is 0 Å². The molecular formula is C14H13NOS. The molecule has 0 saturated heterocycles. The predicted molar refractivity (Wildman–Crippen MR) is 69.7 cm³/mol. The number of thiophene rings is 1. The standard InChI is InChI=1S/C14H13NOS/c1-9-3-2-4-10(7-9)12-8-15-14(16)13-11(12)5-6-17-13/h2-7,12H,8H2,1H3,(H,15,16). The van der Waals surface area contributed by atoms with Crippen LogP contribution in [-0.4, -0.2) is 12.5 Å². The molecule has 2 heterocycles. The van der Waals surface area contributed by atoms with Crippen molar-refractivity contribution in [2.24, 2.45) is 0 Å². The Bertz CT molecular complexity index is 573. The van der Waals surface area contributed by atoms with Crippen molar-refractivity contribution in [1.29, 1.82) is 0 Å². The summed E-state index contributed by atoms with van der Waals surface area (Å²) in [5.41, 5.74) is 3.71. The summed E-state index contributed by atoms with van der Waals surface area (Å²) in [6.45, 7) is 2.80. The van der Waals surface area contributed by atoms with Gasteiger partial charge in [-0.25, -0.2) is 0 Å². The molecule has 1 atom stereocenters. The van der Waals surface area contributed by atoms with Crippen molar-refractivity contribution in [3.63, 3.8) is 0 Å². The number of amides is 1. The molecule has 0 aliphatic carbocycles. The zero-order chi connectivity index (χ0) is 11.8. The minimum Gasteiger partial charge on any atom is -0.350 e. The Kier molecular flexibility index (Phi) is 2.48. The number of hydrogen-bond donors (Lipinski definition) is 1. The summed E-state index contributed by atoms with van der Waals surface area (Å²) in [5.74, 6) is 0.368. The topological polar surface area (TPSA) is 29.1 Å². The van der Waals surface area contributed by atoms with Gasteiger partial charge in [-0.3, -0.25) is 4.79 Å². The summed E-state index contributed by atoms with van der Waals surface area (Å²) < 4.78 is 0. The van der Waals surface area contributed by atoms with E-state index in [1.54, 1.807) is 0 Å². The zero-order valence-corrected chi connectivity index (χ0v) is 10.4. The molecule has 1 N–H and O–H groups in total. The molecule has 0 spiro atoms. The van der Waals surface area contributed by atoms with E-state index >= 15 is 0 Å². The van der Waals surface area contributed by atoms with Gasteiger partial charge in [0.2, 0.25) is 0 Å². The predicted octanol–water partition coefficient (Wildman–Crippen LogP) is 2.93. The number of hydrogen-bond acceptors (Lipinski definition) is 2. The Balaban J connectivity index is 2.07. The number of carbonyl (C=O) groups excluding carboxylic acids is 1. The molecule has 2 nitrogen and oxygen atoms in total. The van der Waals surface area contributed by atoms with E-state index < -0.39 is 0 Å². The Morgan fingerprint density at radius 3 is 3.06 bits per heavy atom. The number of benzene rings is 1. The van der Waals surface area contributed by atoms with Gasteiger partial charge in [0, 0.05) is 12.5 Å². The van der Waals surface area contributed by atoms with Gasteiger partial charge < -0.3 is 5.32 Å². The molecule has 1 aliphatic heterocycles. The van der Waals surface area contributed by atoms with Gasteiger partial charge in [0.1, 0.15) is 0 Å². The van der Waals surface area contributed by atoms with E-state index in [1.165, 1.54) is 28.0 Å². The lowest BCUT2D eigenvalue weighted by Crippen LogP contribution is -2.34. The molecule has 1 aromatic heterocycles. The second-order valence-electron chi connectivity index (χ2n) is 4.38. The first-order chi connectivity index (χ1) is 8.25. The highest BCUT2D eigenvalue weighted by molar-refractivity contribution is 7.12. The SMILES string of the molecule is Cc1cccc(C2CNC(=O)c3sccc32)c1. The summed E-state index contributed by atoms with van der Waals surface area (Å²) in [6, 6.07) is 10.6. The van der Waals surface area contributed by atoms with Crippen LogP contribution in [-0.2, 0) is 0 Å². The van der Waals surface area contributed by atoms with Crippen LogP contribution < -0.4 is 5.32 Å². The second-order valence-corrected chi connectivity index (χ2v) is 5.30. The van der Waals surface area contributed by atoms with E-state index in [1.807, 2.05) is 5.38 Å². The van der Waals surface area contributed by atoms with Crippen molar-refractivity contribution >= 4 is 17.2 Å². The molecule has 3 heteroatoms. The molecule has 1 amide bonds. The van der Waals surface area contributed by atoms with Crippen molar-refractivity contribution in [3.05, 3.63) is 57.3 Å². The van der Waals surface area contributed by atoms with Crippen LogP contribution in [0.5, 0.6) is 0 Å².